The highest BCUT2D eigenvalue weighted by atomic mass is 32.2. The lowest BCUT2D eigenvalue weighted by molar-refractivity contribution is 0.129. The molecular formula is C24H34N6O2S. The molecule has 0 radical (unpaired) electrons. The molecule has 3 aromatic rings. The van der Waals surface area contributed by atoms with E-state index in [-0.39, 0.29) is 11.2 Å². The van der Waals surface area contributed by atoms with E-state index in [0.29, 0.717) is 11.2 Å². The molecule has 1 aliphatic rings. The number of thioether (sulfide) groups is 1. The lowest BCUT2D eigenvalue weighted by Crippen LogP contribution is -2.46. The molecule has 0 saturated carbocycles. The van der Waals surface area contributed by atoms with Crippen LogP contribution in [-0.4, -0.2) is 73.5 Å². The molecule has 8 nitrogen and oxygen atoms in total. The van der Waals surface area contributed by atoms with Crippen LogP contribution < -0.4 is 11.2 Å². The number of unbranched alkanes of at least 4 members (excludes halogenated alkanes) is 1. The van der Waals surface area contributed by atoms with Gasteiger partial charge in [-0.15, -0.1) is 11.8 Å². The highest BCUT2D eigenvalue weighted by Crippen LogP contribution is 2.18. The number of hydrogen-bond donors (Lipinski definition) is 0. The van der Waals surface area contributed by atoms with Gasteiger partial charge in [0.15, 0.2) is 11.2 Å². The van der Waals surface area contributed by atoms with Crippen molar-refractivity contribution in [2.24, 2.45) is 14.1 Å². The molecule has 2 aromatic heterocycles. The molecule has 0 aliphatic carbocycles. The molecule has 33 heavy (non-hydrogen) atoms. The SMILES string of the molecule is Cn1c(=O)c2c(ncn2CCCN2CCN(CCCCSc3ccccc3)CC2)n(C)c1=O. The average molecular weight is 471 g/mol. The molecule has 9 heteroatoms. The summed E-state index contributed by atoms with van der Waals surface area (Å²) in [5.41, 5.74) is 0.348. The molecule has 0 spiro atoms. The fourth-order valence-electron chi connectivity index (χ4n) is 4.41. The second-order valence-corrected chi connectivity index (χ2v) is 9.89. The third-order valence-electron chi connectivity index (χ3n) is 6.44. The standard InChI is InChI=1S/C24H34N6O2S/c1-26-22-21(23(31)27(2)24(26)32)30(19-25-22)13-8-12-29-16-14-28(15-17-29)11-6-7-18-33-20-9-4-3-5-10-20/h3-5,9-10,19H,6-8,11-18H2,1-2H3. The third-order valence-corrected chi connectivity index (χ3v) is 7.53. The monoisotopic (exact) mass is 470 g/mol. The first-order valence-corrected chi connectivity index (χ1v) is 12.8. The summed E-state index contributed by atoms with van der Waals surface area (Å²) in [5, 5.41) is 0. The van der Waals surface area contributed by atoms with E-state index in [4.69, 9.17) is 0 Å². The van der Waals surface area contributed by atoms with E-state index in [1.807, 2.05) is 16.3 Å². The molecule has 0 atom stereocenters. The number of aryl methyl sites for hydroxylation is 2. The zero-order valence-electron chi connectivity index (χ0n) is 19.7. The third kappa shape index (κ3) is 5.77. The summed E-state index contributed by atoms with van der Waals surface area (Å²) in [4.78, 5) is 35.4. The van der Waals surface area contributed by atoms with Gasteiger partial charge in [-0.3, -0.25) is 13.9 Å². The normalized spacial score (nSPS) is 15.5. The first-order valence-electron chi connectivity index (χ1n) is 11.8. The maximum absolute atomic E-state index is 12.6. The minimum absolute atomic E-state index is 0.276. The van der Waals surface area contributed by atoms with Crippen LogP contribution in [-0.2, 0) is 20.6 Å². The van der Waals surface area contributed by atoms with E-state index in [1.54, 1.807) is 13.4 Å². The van der Waals surface area contributed by atoms with Crippen molar-refractivity contribution >= 4 is 22.9 Å². The van der Waals surface area contributed by atoms with Gasteiger partial charge in [-0.2, -0.15) is 0 Å². The lowest BCUT2D eigenvalue weighted by Gasteiger charge is -2.34. The van der Waals surface area contributed by atoms with Crippen LogP contribution in [0.1, 0.15) is 19.3 Å². The molecule has 1 fully saturated rings. The van der Waals surface area contributed by atoms with Gasteiger partial charge in [-0.05, 0) is 50.2 Å². The number of aromatic nitrogens is 4. The second kappa shape index (κ2) is 11.2. The molecular weight excluding hydrogens is 436 g/mol. The Morgan fingerprint density at radius 1 is 0.848 bits per heavy atom. The summed E-state index contributed by atoms with van der Waals surface area (Å²) in [6.45, 7) is 7.37. The van der Waals surface area contributed by atoms with E-state index in [2.05, 4.69) is 45.1 Å². The lowest BCUT2D eigenvalue weighted by atomic mass is 10.2. The summed E-state index contributed by atoms with van der Waals surface area (Å²) < 4.78 is 4.48. The molecule has 1 saturated heterocycles. The van der Waals surface area contributed by atoms with Crippen molar-refractivity contribution in [3.8, 4) is 0 Å². The maximum atomic E-state index is 12.6. The Kier molecular flexibility index (Phi) is 8.06. The quantitative estimate of drug-likeness (QED) is 0.334. The number of piperazine rings is 1. The van der Waals surface area contributed by atoms with Crippen molar-refractivity contribution in [3.63, 3.8) is 0 Å². The molecule has 0 unspecified atom stereocenters. The first kappa shape index (κ1) is 23.8. The van der Waals surface area contributed by atoms with Crippen molar-refractivity contribution in [1.29, 1.82) is 0 Å². The van der Waals surface area contributed by atoms with Crippen LogP contribution in [0.15, 0.2) is 51.1 Å². The minimum atomic E-state index is -0.342. The van der Waals surface area contributed by atoms with E-state index < -0.39 is 0 Å². The van der Waals surface area contributed by atoms with Gasteiger partial charge in [0.05, 0.1) is 6.33 Å². The van der Waals surface area contributed by atoms with E-state index in [9.17, 15) is 9.59 Å². The predicted molar refractivity (Wildman–Crippen MR) is 134 cm³/mol. The van der Waals surface area contributed by atoms with E-state index in [1.165, 1.54) is 41.6 Å². The number of hydrogen-bond acceptors (Lipinski definition) is 6. The molecule has 0 N–H and O–H groups in total. The molecule has 1 aromatic carbocycles. The topological polar surface area (TPSA) is 68.3 Å². The fraction of sp³-hybridized carbons (Fsp3) is 0.542. The molecule has 3 heterocycles. The smallest absolute Gasteiger partial charge is 0.325 e. The van der Waals surface area contributed by atoms with Crippen LogP contribution in [0.5, 0.6) is 0 Å². The van der Waals surface area contributed by atoms with E-state index >= 15 is 0 Å². The molecule has 0 bridgehead atoms. The Balaban J connectivity index is 1.16. The fourth-order valence-corrected chi connectivity index (χ4v) is 5.35. The van der Waals surface area contributed by atoms with Gasteiger partial charge in [-0.1, -0.05) is 18.2 Å². The number of rotatable bonds is 10. The number of imidazole rings is 1. The van der Waals surface area contributed by atoms with Crippen LogP contribution in [0.4, 0.5) is 0 Å². The molecule has 178 valence electrons. The van der Waals surface area contributed by atoms with Crippen LogP contribution in [0, 0.1) is 0 Å². The molecule has 0 amide bonds. The number of benzene rings is 1. The van der Waals surface area contributed by atoms with Crippen molar-refractivity contribution in [3.05, 3.63) is 57.5 Å². The summed E-state index contributed by atoms with van der Waals surface area (Å²) in [6.07, 6.45) is 5.14. The maximum Gasteiger partial charge on any atom is 0.332 e. The van der Waals surface area contributed by atoms with Crippen LogP contribution >= 0.6 is 11.8 Å². The van der Waals surface area contributed by atoms with Gasteiger partial charge in [0.25, 0.3) is 5.56 Å². The average Bonchev–Trinajstić information content (AvgIpc) is 3.27. The molecule has 1 aliphatic heterocycles. The van der Waals surface area contributed by atoms with E-state index in [0.717, 1.165) is 50.3 Å². The highest BCUT2D eigenvalue weighted by Gasteiger charge is 2.17. The highest BCUT2D eigenvalue weighted by molar-refractivity contribution is 7.99. The van der Waals surface area contributed by atoms with Crippen LogP contribution in [0.3, 0.4) is 0 Å². The minimum Gasteiger partial charge on any atom is -0.325 e. The summed E-state index contributed by atoms with van der Waals surface area (Å²) >= 11 is 1.95. The molecule has 4 rings (SSSR count). The van der Waals surface area contributed by atoms with Crippen molar-refractivity contribution in [2.75, 3.05) is 45.0 Å². The Hall–Kier alpha value is -2.36. The summed E-state index contributed by atoms with van der Waals surface area (Å²) in [5.74, 6) is 1.18. The van der Waals surface area contributed by atoms with Gasteiger partial charge in [0.1, 0.15) is 0 Å². The second-order valence-electron chi connectivity index (χ2n) is 8.72. The van der Waals surface area contributed by atoms with Gasteiger partial charge < -0.3 is 14.4 Å². The van der Waals surface area contributed by atoms with Gasteiger partial charge in [-0.25, -0.2) is 9.78 Å². The number of fused-ring (bicyclic) bond motifs is 1. The Morgan fingerprint density at radius 3 is 2.21 bits per heavy atom. The van der Waals surface area contributed by atoms with Gasteiger partial charge in [0, 0.05) is 51.7 Å². The number of nitrogens with zero attached hydrogens (tertiary/aromatic N) is 6. The van der Waals surface area contributed by atoms with Gasteiger partial charge in [0.2, 0.25) is 0 Å². The van der Waals surface area contributed by atoms with Crippen molar-refractivity contribution in [2.45, 2.75) is 30.7 Å². The first-order chi connectivity index (χ1) is 16.0. The largest absolute Gasteiger partial charge is 0.332 e. The van der Waals surface area contributed by atoms with Crippen LogP contribution in [0.25, 0.3) is 11.2 Å². The Morgan fingerprint density at radius 2 is 1.52 bits per heavy atom. The van der Waals surface area contributed by atoms with Crippen LogP contribution in [0.2, 0.25) is 0 Å². The van der Waals surface area contributed by atoms with Crippen molar-refractivity contribution in [1.82, 2.24) is 28.5 Å². The zero-order valence-corrected chi connectivity index (χ0v) is 20.5. The summed E-state index contributed by atoms with van der Waals surface area (Å²) in [7, 11) is 3.17. The van der Waals surface area contributed by atoms with Crippen molar-refractivity contribution < 1.29 is 0 Å². The zero-order chi connectivity index (χ0) is 23.2. The van der Waals surface area contributed by atoms with Gasteiger partial charge >= 0.3 is 5.69 Å². The Bertz CT molecular complexity index is 1160. The predicted octanol–water partition coefficient (Wildman–Crippen LogP) is 2.01. The Labute approximate surface area is 198 Å². The summed E-state index contributed by atoms with van der Waals surface area (Å²) in [6, 6.07) is 10.6.